The number of rotatable bonds is 7. The molecule has 1 aromatic carbocycles. The molecule has 2 aromatic heterocycles. The van der Waals surface area contributed by atoms with Crippen LogP contribution in [-0.2, 0) is 18.0 Å². The summed E-state index contributed by atoms with van der Waals surface area (Å²) in [6.07, 6.45) is 10.3. The average Bonchev–Trinajstić information content (AvgIpc) is 3.16. The van der Waals surface area contributed by atoms with E-state index in [1.54, 1.807) is 27.7 Å². The van der Waals surface area contributed by atoms with E-state index in [1.165, 1.54) is 0 Å². The fourth-order valence-corrected chi connectivity index (χ4v) is 4.21. The van der Waals surface area contributed by atoms with Crippen LogP contribution in [0.3, 0.4) is 0 Å². The molecule has 3 aromatic rings. The first-order chi connectivity index (χ1) is 13.1. The van der Waals surface area contributed by atoms with Gasteiger partial charge in [0.05, 0.1) is 16.6 Å². The molecule has 0 N–H and O–H groups in total. The minimum absolute atomic E-state index is 0.0733. The lowest BCUT2D eigenvalue weighted by Gasteiger charge is -2.24. The molecule has 0 saturated heterocycles. The average molecular weight is 495 g/mol. The highest BCUT2D eigenvalue weighted by molar-refractivity contribution is 9.10. The van der Waals surface area contributed by atoms with E-state index in [0.717, 1.165) is 5.75 Å². The largest absolute Gasteiger partial charge is 0.358 e. The molecule has 9 heteroatoms. The Morgan fingerprint density at radius 1 is 1.18 bits per heavy atom. The first kappa shape index (κ1) is 21.6. The summed E-state index contributed by atoms with van der Waals surface area (Å²) in [5, 5.41) is 5.17. The van der Waals surface area contributed by atoms with Gasteiger partial charge in [-0.2, -0.15) is 5.10 Å². The van der Waals surface area contributed by atoms with Crippen molar-refractivity contribution in [1.29, 1.82) is 0 Å². The minimum Gasteiger partial charge on any atom is -0.358 e. The second-order valence-corrected chi connectivity index (χ2v) is 13.2. The quantitative estimate of drug-likeness (QED) is 0.303. The Hall–Kier alpha value is -1.09. The Balaban J connectivity index is 1.94. The molecule has 28 heavy (non-hydrogen) atoms. The van der Waals surface area contributed by atoms with Crippen molar-refractivity contribution in [1.82, 2.24) is 14.3 Å². The second kappa shape index (κ2) is 8.34. The molecule has 154 valence electrons. The third-order valence-corrected chi connectivity index (χ3v) is 6.66. The van der Waals surface area contributed by atoms with Crippen LogP contribution in [0.2, 0.25) is 5.15 Å². The van der Waals surface area contributed by atoms with Gasteiger partial charge >= 0.3 is 0 Å². The summed E-state index contributed by atoms with van der Waals surface area (Å²) in [6, 6.07) is 1.57. The summed E-state index contributed by atoms with van der Waals surface area (Å²) in [6.45, 7) is 3.31. The number of benzene rings is 1. The van der Waals surface area contributed by atoms with Gasteiger partial charge in [0.15, 0.2) is 16.8 Å². The third-order valence-electron chi connectivity index (χ3n) is 4.41. The molecule has 0 spiro atoms. The molecule has 0 unspecified atom stereocenters. The predicted octanol–water partition coefficient (Wildman–Crippen LogP) is 5.89. The number of aryl methyl sites for hydroxylation is 1. The zero-order valence-corrected chi connectivity index (χ0v) is 19.4. The van der Waals surface area contributed by atoms with E-state index in [9.17, 15) is 8.78 Å². The van der Waals surface area contributed by atoms with E-state index in [4.69, 9.17) is 16.3 Å². The molecule has 0 saturated carbocycles. The van der Waals surface area contributed by atoms with Gasteiger partial charge in [-0.05, 0) is 47.7 Å². The summed E-state index contributed by atoms with van der Waals surface area (Å²) in [5.74, 6) is -0.769. The van der Waals surface area contributed by atoms with Crippen molar-refractivity contribution >= 4 is 48.5 Å². The highest BCUT2D eigenvalue weighted by Crippen LogP contribution is 2.38. The van der Waals surface area contributed by atoms with Crippen LogP contribution in [0.1, 0.15) is 6.92 Å². The highest BCUT2D eigenvalue weighted by atomic mass is 79.9. The maximum atomic E-state index is 14.5. The van der Waals surface area contributed by atoms with Crippen LogP contribution in [0.5, 0.6) is 0 Å². The van der Waals surface area contributed by atoms with Gasteiger partial charge < -0.3 is 9.30 Å². The van der Waals surface area contributed by atoms with Crippen molar-refractivity contribution in [3.05, 3.63) is 39.7 Å². The van der Waals surface area contributed by atoms with E-state index in [-0.39, 0.29) is 16.7 Å². The second-order valence-electron chi connectivity index (χ2n) is 7.42. The van der Waals surface area contributed by atoms with Crippen molar-refractivity contribution in [2.24, 2.45) is 0 Å². The molecule has 4 nitrogen and oxygen atoms in total. The fourth-order valence-electron chi connectivity index (χ4n) is 2.94. The van der Waals surface area contributed by atoms with Gasteiger partial charge in [0.1, 0.15) is 6.73 Å². The Kier molecular flexibility index (Phi) is 6.44. The van der Waals surface area contributed by atoms with Crippen molar-refractivity contribution in [3.8, 4) is 11.1 Å². The van der Waals surface area contributed by atoms with Crippen LogP contribution in [0.15, 0.2) is 22.9 Å². The summed E-state index contributed by atoms with van der Waals surface area (Å²) in [7, 11) is -0.615. The molecule has 0 aliphatic carbocycles. The predicted molar refractivity (Wildman–Crippen MR) is 118 cm³/mol. The van der Waals surface area contributed by atoms with Crippen LogP contribution >= 0.6 is 37.6 Å². The Morgan fingerprint density at radius 3 is 2.54 bits per heavy atom. The maximum absolute atomic E-state index is 14.5. The zero-order chi connectivity index (χ0) is 20.6. The summed E-state index contributed by atoms with van der Waals surface area (Å²) < 4.78 is 37.7. The van der Waals surface area contributed by atoms with Gasteiger partial charge in [0, 0.05) is 41.2 Å². The van der Waals surface area contributed by atoms with Crippen LogP contribution in [0.25, 0.3) is 22.0 Å². The molecule has 0 fully saturated rings. The van der Waals surface area contributed by atoms with Crippen LogP contribution in [0.4, 0.5) is 8.78 Å². The van der Waals surface area contributed by atoms with Gasteiger partial charge in [0.2, 0.25) is 0 Å². The number of fused-ring (bicyclic) bond motifs is 1. The molecule has 0 bridgehead atoms. The smallest absolute Gasteiger partial charge is 0.184 e. The Labute approximate surface area is 178 Å². The summed E-state index contributed by atoms with van der Waals surface area (Å²) >= 11 is 9.45. The molecular weight excluding hydrogens is 472 g/mol. The SMILES string of the molecule is CCn1cc(-c2cn(COCCS(C)(C)C)nc2Cl)c2cc(Br)c(F)c(F)c21. The van der Waals surface area contributed by atoms with Gasteiger partial charge in [-0.1, -0.05) is 11.6 Å². The molecular formula is C19H23BrClF2N3OS. The van der Waals surface area contributed by atoms with E-state index in [0.29, 0.717) is 34.8 Å². The molecule has 0 aliphatic heterocycles. The van der Waals surface area contributed by atoms with E-state index in [1.807, 2.05) is 6.92 Å². The first-order valence-electron chi connectivity index (χ1n) is 8.75. The third kappa shape index (κ3) is 4.40. The van der Waals surface area contributed by atoms with E-state index >= 15 is 0 Å². The van der Waals surface area contributed by atoms with Crippen molar-refractivity contribution < 1.29 is 13.5 Å². The number of aromatic nitrogens is 3. The van der Waals surface area contributed by atoms with E-state index < -0.39 is 21.7 Å². The number of hydrogen-bond donors (Lipinski definition) is 0. The number of ether oxygens (including phenoxy) is 1. The van der Waals surface area contributed by atoms with Crippen molar-refractivity contribution in [3.63, 3.8) is 0 Å². The van der Waals surface area contributed by atoms with E-state index in [2.05, 4.69) is 39.8 Å². The molecule has 0 aliphatic rings. The van der Waals surface area contributed by atoms with Gasteiger partial charge in [0.25, 0.3) is 0 Å². The molecule has 0 atom stereocenters. The Morgan fingerprint density at radius 2 is 1.89 bits per heavy atom. The Bertz CT molecular complexity index is 1010. The first-order valence-corrected chi connectivity index (χ1v) is 13.0. The molecule has 0 amide bonds. The lowest BCUT2D eigenvalue weighted by Crippen LogP contribution is -2.10. The molecule has 2 heterocycles. The van der Waals surface area contributed by atoms with Crippen LogP contribution < -0.4 is 0 Å². The summed E-state index contributed by atoms with van der Waals surface area (Å²) in [5.41, 5.74) is 1.57. The molecule has 3 rings (SSSR count). The number of halogens is 4. The standard InChI is InChI=1S/C19H23BrClF2N3OS/c1-5-25-9-13(12-8-15(20)16(22)17(23)18(12)25)14-10-26(24-19(14)21)11-27-6-7-28(2,3)4/h8-10H,5-7,11H2,1-4H3. The maximum Gasteiger partial charge on any atom is 0.184 e. The molecule has 0 radical (unpaired) electrons. The summed E-state index contributed by atoms with van der Waals surface area (Å²) in [4.78, 5) is 0. The highest BCUT2D eigenvalue weighted by Gasteiger charge is 2.21. The minimum atomic E-state index is -0.900. The zero-order valence-electron chi connectivity index (χ0n) is 16.2. The number of nitrogens with zero attached hydrogens (tertiary/aromatic N) is 3. The monoisotopic (exact) mass is 493 g/mol. The number of hydrogen-bond acceptors (Lipinski definition) is 2. The lowest BCUT2D eigenvalue weighted by molar-refractivity contribution is 0.0810. The van der Waals surface area contributed by atoms with Crippen LogP contribution in [-0.4, -0.2) is 45.5 Å². The van der Waals surface area contributed by atoms with Crippen molar-refractivity contribution in [2.75, 3.05) is 31.1 Å². The van der Waals surface area contributed by atoms with Gasteiger partial charge in [-0.25, -0.2) is 23.5 Å². The normalized spacial score (nSPS) is 12.9. The van der Waals surface area contributed by atoms with Crippen molar-refractivity contribution in [2.45, 2.75) is 20.2 Å². The van der Waals surface area contributed by atoms with Gasteiger partial charge in [-0.3, -0.25) is 0 Å². The fraction of sp³-hybridized carbons (Fsp3) is 0.421. The van der Waals surface area contributed by atoms with Gasteiger partial charge in [-0.15, -0.1) is 0 Å². The van der Waals surface area contributed by atoms with Crippen LogP contribution in [0, 0.1) is 11.6 Å². The topological polar surface area (TPSA) is 32.0 Å². The lowest BCUT2D eigenvalue weighted by atomic mass is 10.1.